The number of carbonyl (C=O) groups excluding carboxylic acids is 1. The van der Waals surface area contributed by atoms with Gasteiger partial charge >= 0.3 is 0 Å². The number of nitrogens with zero attached hydrogens (tertiary/aromatic N) is 2. The Balaban J connectivity index is 2.65. The number of carbonyl (C=O) groups is 1. The van der Waals surface area contributed by atoms with Crippen molar-refractivity contribution in [2.75, 3.05) is 13.6 Å². The Kier molecular flexibility index (Phi) is 4.31. The number of hydrogen-bond acceptors (Lipinski definition) is 3. The first-order chi connectivity index (χ1) is 7.51. The molecule has 4 nitrogen and oxygen atoms in total. The maximum absolute atomic E-state index is 12.3. The molecule has 0 radical (unpaired) electrons. The van der Waals surface area contributed by atoms with E-state index in [1.807, 2.05) is 13.8 Å². The van der Waals surface area contributed by atoms with E-state index in [0.29, 0.717) is 6.42 Å². The molecule has 0 aliphatic carbocycles. The fourth-order valence-corrected chi connectivity index (χ4v) is 2.10. The van der Waals surface area contributed by atoms with Gasteiger partial charge in [-0.2, -0.15) is 5.26 Å². The Morgan fingerprint density at radius 1 is 1.62 bits per heavy atom. The summed E-state index contributed by atoms with van der Waals surface area (Å²) in [6.07, 6.45) is 3.50. The van der Waals surface area contributed by atoms with E-state index in [0.717, 1.165) is 25.8 Å². The Morgan fingerprint density at radius 2 is 2.31 bits per heavy atom. The van der Waals surface area contributed by atoms with Gasteiger partial charge in [0, 0.05) is 13.1 Å². The molecule has 2 atom stereocenters. The molecule has 1 aliphatic rings. The molecule has 1 saturated heterocycles. The molecule has 90 valence electrons. The van der Waals surface area contributed by atoms with Gasteiger partial charge in [0.25, 0.3) is 0 Å². The molecule has 1 rings (SSSR count). The maximum atomic E-state index is 12.3. The summed E-state index contributed by atoms with van der Waals surface area (Å²) in [6, 6.07) is 2.09. The van der Waals surface area contributed by atoms with Crippen molar-refractivity contribution < 1.29 is 4.79 Å². The van der Waals surface area contributed by atoms with Crippen molar-refractivity contribution in [2.24, 2.45) is 0 Å². The van der Waals surface area contributed by atoms with Gasteiger partial charge in [0.15, 0.2) is 0 Å². The topological polar surface area (TPSA) is 56.1 Å². The molecule has 1 amide bonds. The van der Waals surface area contributed by atoms with Crippen LogP contribution >= 0.6 is 0 Å². The van der Waals surface area contributed by atoms with E-state index in [4.69, 9.17) is 5.26 Å². The summed E-state index contributed by atoms with van der Waals surface area (Å²) < 4.78 is 0. The monoisotopic (exact) mass is 223 g/mol. The molecule has 0 aromatic rings. The minimum Gasteiger partial charge on any atom is -0.340 e. The zero-order valence-electron chi connectivity index (χ0n) is 10.4. The first-order valence-corrected chi connectivity index (χ1v) is 5.90. The standard InChI is InChI=1S/C12H21N3O/c1-10(6-8-13)15(3)11(16)12(2)7-4-5-9-14-12/h10,14H,4-7,9H2,1-3H3. The van der Waals surface area contributed by atoms with Crippen LogP contribution in [-0.2, 0) is 4.79 Å². The third kappa shape index (κ3) is 2.73. The van der Waals surface area contributed by atoms with Gasteiger partial charge in [0.1, 0.15) is 0 Å². The van der Waals surface area contributed by atoms with Crippen LogP contribution in [0.4, 0.5) is 0 Å². The lowest BCUT2D eigenvalue weighted by molar-refractivity contribution is -0.139. The molecule has 1 N–H and O–H groups in total. The van der Waals surface area contributed by atoms with E-state index in [2.05, 4.69) is 11.4 Å². The summed E-state index contributed by atoms with van der Waals surface area (Å²) in [5, 5.41) is 11.9. The van der Waals surface area contributed by atoms with E-state index in [9.17, 15) is 4.79 Å². The van der Waals surface area contributed by atoms with Gasteiger partial charge in [-0.1, -0.05) is 0 Å². The van der Waals surface area contributed by atoms with Crippen LogP contribution in [0, 0.1) is 11.3 Å². The van der Waals surface area contributed by atoms with Crippen LogP contribution in [0.1, 0.15) is 39.5 Å². The fourth-order valence-electron chi connectivity index (χ4n) is 2.10. The Morgan fingerprint density at radius 3 is 2.81 bits per heavy atom. The fraction of sp³-hybridized carbons (Fsp3) is 0.833. The average Bonchev–Trinajstić information content (AvgIpc) is 2.28. The second-order valence-corrected chi connectivity index (χ2v) is 4.84. The van der Waals surface area contributed by atoms with Crippen molar-refractivity contribution in [3.8, 4) is 6.07 Å². The molecular weight excluding hydrogens is 202 g/mol. The van der Waals surface area contributed by atoms with Crippen molar-refractivity contribution in [1.29, 1.82) is 5.26 Å². The summed E-state index contributed by atoms with van der Waals surface area (Å²) in [5.41, 5.74) is -0.434. The van der Waals surface area contributed by atoms with Crippen LogP contribution in [0.15, 0.2) is 0 Å². The van der Waals surface area contributed by atoms with E-state index in [-0.39, 0.29) is 11.9 Å². The van der Waals surface area contributed by atoms with Gasteiger partial charge in [-0.15, -0.1) is 0 Å². The van der Waals surface area contributed by atoms with Crippen LogP contribution in [0.25, 0.3) is 0 Å². The molecule has 1 heterocycles. The van der Waals surface area contributed by atoms with E-state index in [1.165, 1.54) is 0 Å². The van der Waals surface area contributed by atoms with E-state index >= 15 is 0 Å². The van der Waals surface area contributed by atoms with Crippen LogP contribution in [0.2, 0.25) is 0 Å². The van der Waals surface area contributed by atoms with Crippen LogP contribution < -0.4 is 5.32 Å². The minimum absolute atomic E-state index is 0.0157. The Labute approximate surface area is 97.6 Å². The molecule has 1 aliphatic heterocycles. The lowest BCUT2D eigenvalue weighted by Gasteiger charge is -2.38. The zero-order chi connectivity index (χ0) is 12.2. The summed E-state index contributed by atoms with van der Waals surface area (Å²) in [5.74, 6) is 0.106. The van der Waals surface area contributed by atoms with Gasteiger partial charge in [0.05, 0.1) is 18.0 Å². The highest BCUT2D eigenvalue weighted by molar-refractivity contribution is 5.86. The average molecular weight is 223 g/mol. The molecule has 0 spiro atoms. The highest BCUT2D eigenvalue weighted by atomic mass is 16.2. The summed E-state index contributed by atoms with van der Waals surface area (Å²) >= 11 is 0. The predicted octanol–water partition coefficient (Wildman–Crippen LogP) is 1.28. The quantitative estimate of drug-likeness (QED) is 0.784. The molecule has 4 heteroatoms. The third-order valence-corrected chi connectivity index (χ3v) is 3.46. The minimum atomic E-state index is -0.434. The summed E-state index contributed by atoms with van der Waals surface area (Å²) in [6.45, 7) is 4.78. The van der Waals surface area contributed by atoms with Gasteiger partial charge < -0.3 is 10.2 Å². The normalized spacial score (nSPS) is 26.9. The van der Waals surface area contributed by atoms with E-state index in [1.54, 1.807) is 11.9 Å². The van der Waals surface area contributed by atoms with Crippen molar-refractivity contribution in [2.45, 2.75) is 51.1 Å². The van der Waals surface area contributed by atoms with Crippen molar-refractivity contribution in [3.63, 3.8) is 0 Å². The molecule has 0 saturated carbocycles. The molecule has 0 aromatic heterocycles. The smallest absolute Gasteiger partial charge is 0.242 e. The van der Waals surface area contributed by atoms with Gasteiger partial charge in [-0.3, -0.25) is 4.79 Å². The maximum Gasteiger partial charge on any atom is 0.242 e. The van der Waals surface area contributed by atoms with Gasteiger partial charge in [-0.25, -0.2) is 0 Å². The number of hydrogen-bond donors (Lipinski definition) is 1. The number of nitriles is 1. The number of amides is 1. The summed E-state index contributed by atoms with van der Waals surface area (Å²) in [4.78, 5) is 14.0. The molecule has 0 bridgehead atoms. The van der Waals surface area contributed by atoms with Crippen LogP contribution in [0.3, 0.4) is 0 Å². The van der Waals surface area contributed by atoms with Crippen molar-refractivity contribution in [1.82, 2.24) is 10.2 Å². The van der Waals surface area contributed by atoms with Crippen molar-refractivity contribution >= 4 is 5.91 Å². The first-order valence-electron chi connectivity index (χ1n) is 5.90. The number of nitrogens with one attached hydrogen (secondary N) is 1. The highest BCUT2D eigenvalue weighted by Gasteiger charge is 2.37. The van der Waals surface area contributed by atoms with Gasteiger partial charge in [-0.05, 0) is 39.7 Å². The van der Waals surface area contributed by atoms with Crippen molar-refractivity contribution in [3.05, 3.63) is 0 Å². The second kappa shape index (κ2) is 5.31. The number of piperidine rings is 1. The second-order valence-electron chi connectivity index (χ2n) is 4.84. The molecular formula is C12H21N3O. The predicted molar refractivity (Wildman–Crippen MR) is 62.7 cm³/mol. The Hall–Kier alpha value is -1.08. The number of rotatable bonds is 3. The first kappa shape index (κ1) is 13.0. The molecule has 2 unspecified atom stereocenters. The zero-order valence-corrected chi connectivity index (χ0v) is 10.4. The lowest BCUT2D eigenvalue weighted by Crippen LogP contribution is -2.58. The third-order valence-electron chi connectivity index (χ3n) is 3.46. The summed E-state index contributed by atoms with van der Waals surface area (Å²) in [7, 11) is 1.78. The van der Waals surface area contributed by atoms with Gasteiger partial charge in [0.2, 0.25) is 5.91 Å². The SMILES string of the molecule is CC(CC#N)N(C)C(=O)C1(C)CCCCN1. The van der Waals surface area contributed by atoms with Crippen LogP contribution in [-0.4, -0.2) is 36.0 Å². The lowest BCUT2D eigenvalue weighted by atomic mass is 9.89. The number of likely N-dealkylation sites (N-methyl/N-ethyl adjacent to an activating group) is 1. The van der Waals surface area contributed by atoms with E-state index < -0.39 is 5.54 Å². The Bertz CT molecular complexity index is 289. The van der Waals surface area contributed by atoms with Crippen LogP contribution in [0.5, 0.6) is 0 Å². The largest absolute Gasteiger partial charge is 0.340 e. The molecule has 16 heavy (non-hydrogen) atoms. The highest BCUT2D eigenvalue weighted by Crippen LogP contribution is 2.22. The molecule has 0 aromatic carbocycles. The molecule has 1 fully saturated rings.